The van der Waals surface area contributed by atoms with Gasteiger partial charge in [0.1, 0.15) is 22.8 Å². The molecule has 0 fully saturated rings. The average molecular weight is 591 g/mol. The van der Waals surface area contributed by atoms with E-state index in [-0.39, 0.29) is 0 Å². The standard InChI is InChI=1S/C40H22N4O2/c41-23-27-14-7-16-29-30-17-8-18-32(37(30)46-36(27)29)40-43-38(25-12-5-2-6-13-25)42-39(44-40)26-20-21-31-34(22-26)45-33-19-9-15-28(35(31)33)24-10-3-1-4-11-24/h1-22H. The van der Waals surface area contributed by atoms with Crippen LogP contribution in [0.25, 0.3) is 89.2 Å². The minimum Gasteiger partial charge on any atom is -0.456 e. The van der Waals surface area contributed by atoms with Crippen LogP contribution in [0.1, 0.15) is 5.56 Å². The van der Waals surface area contributed by atoms with Crippen molar-refractivity contribution in [3.05, 3.63) is 139 Å². The van der Waals surface area contributed by atoms with E-state index in [1.807, 2.05) is 103 Å². The second-order valence-electron chi connectivity index (χ2n) is 11.1. The first kappa shape index (κ1) is 25.9. The second-order valence-corrected chi connectivity index (χ2v) is 11.1. The van der Waals surface area contributed by atoms with Gasteiger partial charge in [0.15, 0.2) is 23.1 Å². The van der Waals surface area contributed by atoms with Crippen molar-refractivity contribution in [1.29, 1.82) is 5.26 Å². The molecule has 0 aliphatic carbocycles. The predicted molar refractivity (Wildman–Crippen MR) is 181 cm³/mol. The smallest absolute Gasteiger partial charge is 0.167 e. The zero-order valence-electron chi connectivity index (χ0n) is 24.3. The maximum atomic E-state index is 9.72. The zero-order valence-corrected chi connectivity index (χ0v) is 24.3. The Kier molecular flexibility index (Phi) is 5.77. The van der Waals surface area contributed by atoms with Gasteiger partial charge < -0.3 is 8.83 Å². The van der Waals surface area contributed by atoms with Crippen molar-refractivity contribution < 1.29 is 8.83 Å². The highest BCUT2D eigenvalue weighted by atomic mass is 16.3. The molecule has 0 saturated heterocycles. The lowest BCUT2D eigenvalue weighted by Crippen LogP contribution is -2.00. The summed E-state index contributed by atoms with van der Waals surface area (Å²) in [6.45, 7) is 0. The molecule has 9 rings (SSSR count). The third-order valence-corrected chi connectivity index (χ3v) is 8.39. The van der Waals surface area contributed by atoms with Crippen molar-refractivity contribution in [3.8, 4) is 51.4 Å². The van der Waals surface area contributed by atoms with Crippen LogP contribution >= 0.6 is 0 Å². The molecule has 0 N–H and O–H groups in total. The summed E-state index contributed by atoms with van der Waals surface area (Å²) < 4.78 is 12.8. The third-order valence-electron chi connectivity index (χ3n) is 8.39. The molecular weight excluding hydrogens is 568 g/mol. The lowest BCUT2D eigenvalue weighted by atomic mass is 9.99. The Bertz CT molecular complexity index is 2650. The van der Waals surface area contributed by atoms with Crippen molar-refractivity contribution in [2.75, 3.05) is 0 Å². The highest BCUT2D eigenvalue weighted by Crippen LogP contribution is 2.39. The fourth-order valence-electron chi connectivity index (χ4n) is 6.25. The Morgan fingerprint density at radius 2 is 1.11 bits per heavy atom. The summed E-state index contributed by atoms with van der Waals surface area (Å²) in [5.74, 6) is 1.53. The maximum absolute atomic E-state index is 9.72. The number of benzene rings is 6. The minimum atomic E-state index is 0.475. The molecule has 6 nitrogen and oxygen atoms in total. The molecule has 0 amide bonds. The number of hydrogen-bond donors (Lipinski definition) is 0. The van der Waals surface area contributed by atoms with Crippen LogP contribution in [0.15, 0.2) is 142 Å². The molecule has 3 heterocycles. The molecule has 6 aromatic carbocycles. The van der Waals surface area contributed by atoms with Gasteiger partial charge in [0.2, 0.25) is 0 Å². The van der Waals surface area contributed by atoms with Crippen molar-refractivity contribution >= 4 is 43.9 Å². The van der Waals surface area contributed by atoms with Crippen LogP contribution in [-0.4, -0.2) is 15.0 Å². The summed E-state index contributed by atoms with van der Waals surface area (Å²) in [5.41, 5.74) is 7.88. The molecule has 0 aliphatic heterocycles. The molecule has 0 aliphatic rings. The number of nitriles is 1. The first-order valence-corrected chi connectivity index (χ1v) is 14.9. The topological polar surface area (TPSA) is 88.7 Å². The van der Waals surface area contributed by atoms with Gasteiger partial charge in [-0.2, -0.15) is 5.26 Å². The van der Waals surface area contributed by atoms with Crippen LogP contribution < -0.4 is 0 Å². The van der Waals surface area contributed by atoms with Crippen LogP contribution in [0.4, 0.5) is 0 Å². The van der Waals surface area contributed by atoms with Crippen molar-refractivity contribution in [1.82, 2.24) is 15.0 Å². The number of hydrogen-bond acceptors (Lipinski definition) is 6. The molecule has 6 heteroatoms. The minimum absolute atomic E-state index is 0.475. The molecular formula is C40H22N4O2. The number of aromatic nitrogens is 3. The number of furan rings is 2. The molecule has 0 spiro atoms. The van der Waals surface area contributed by atoms with Gasteiger partial charge >= 0.3 is 0 Å². The maximum Gasteiger partial charge on any atom is 0.167 e. The van der Waals surface area contributed by atoms with E-state index in [9.17, 15) is 5.26 Å². The molecule has 46 heavy (non-hydrogen) atoms. The van der Waals surface area contributed by atoms with Gasteiger partial charge in [-0.1, -0.05) is 103 Å². The Labute approximate surface area is 262 Å². The van der Waals surface area contributed by atoms with E-state index in [4.69, 9.17) is 23.8 Å². The van der Waals surface area contributed by atoms with Crippen LogP contribution in [-0.2, 0) is 0 Å². The van der Waals surface area contributed by atoms with Crippen LogP contribution in [0, 0.1) is 11.3 Å². The van der Waals surface area contributed by atoms with E-state index in [1.165, 1.54) is 0 Å². The van der Waals surface area contributed by atoms with E-state index in [0.29, 0.717) is 34.2 Å². The summed E-state index contributed by atoms with van der Waals surface area (Å²) in [7, 11) is 0. The molecule has 0 unspecified atom stereocenters. The summed E-state index contributed by atoms with van der Waals surface area (Å²) in [4.78, 5) is 14.9. The third kappa shape index (κ3) is 4.07. The molecule has 0 saturated carbocycles. The van der Waals surface area contributed by atoms with E-state index in [1.54, 1.807) is 6.07 Å². The summed E-state index contributed by atoms with van der Waals surface area (Å²) in [6, 6.07) is 46.2. The van der Waals surface area contributed by atoms with Crippen LogP contribution in [0.5, 0.6) is 0 Å². The summed E-state index contributed by atoms with van der Waals surface area (Å²) >= 11 is 0. The molecule has 0 radical (unpaired) electrons. The number of fused-ring (bicyclic) bond motifs is 6. The monoisotopic (exact) mass is 590 g/mol. The van der Waals surface area contributed by atoms with Gasteiger partial charge in [-0.25, -0.2) is 15.0 Å². The SMILES string of the molecule is N#Cc1cccc2c1oc1c(-c3nc(-c4ccccc4)nc(-c4ccc5c(c4)oc4cccc(-c6ccccc6)c45)n3)cccc12. The van der Waals surface area contributed by atoms with Gasteiger partial charge in [0.25, 0.3) is 0 Å². The fraction of sp³-hybridized carbons (Fsp3) is 0. The average Bonchev–Trinajstić information content (AvgIpc) is 3.70. The van der Waals surface area contributed by atoms with Crippen LogP contribution in [0.3, 0.4) is 0 Å². The highest BCUT2D eigenvalue weighted by molar-refractivity contribution is 6.13. The number of para-hydroxylation sites is 2. The Hall–Kier alpha value is -6.58. The Morgan fingerprint density at radius 3 is 1.89 bits per heavy atom. The molecule has 214 valence electrons. The van der Waals surface area contributed by atoms with Crippen molar-refractivity contribution in [2.24, 2.45) is 0 Å². The molecule has 0 bridgehead atoms. The van der Waals surface area contributed by atoms with Gasteiger partial charge in [-0.15, -0.1) is 0 Å². The number of nitrogens with zero attached hydrogens (tertiary/aromatic N) is 4. The summed E-state index contributed by atoms with van der Waals surface area (Å²) in [5, 5.41) is 13.6. The fourth-order valence-corrected chi connectivity index (χ4v) is 6.25. The highest BCUT2D eigenvalue weighted by Gasteiger charge is 2.20. The first-order valence-electron chi connectivity index (χ1n) is 14.9. The number of rotatable bonds is 4. The second kappa shape index (κ2) is 10.3. The van der Waals surface area contributed by atoms with Crippen molar-refractivity contribution in [3.63, 3.8) is 0 Å². The van der Waals surface area contributed by atoms with E-state index >= 15 is 0 Å². The Morgan fingerprint density at radius 1 is 0.457 bits per heavy atom. The lowest BCUT2D eigenvalue weighted by molar-refractivity contribution is 0.668. The lowest BCUT2D eigenvalue weighted by Gasteiger charge is -2.09. The van der Waals surface area contributed by atoms with Crippen molar-refractivity contribution in [2.45, 2.75) is 0 Å². The van der Waals surface area contributed by atoms with Gasteiger partial charge in [-0.3, -0.25) is 0 Å². The molecule has 3 aromatic heterocycles. The van der Waals surface area contributed by atoms with Gasteiger partial charge in [0.05, 0.1) is 11.1 Å². The van der Waals surface area contributed by atoms with Gasteiger partial charge in [0, 0.05) is 32.7 Å². The summed E-state index contributed by atoms with van der Waals surface area (Å²) in [6.07, 6.45) is 0. The largest absolute Gasteiger partial charge is 0.456 e. The Balaban J connectivity index is 1.26. The molecule has 9 aromatic rings. The quantitative estimate of drug-likeness (QED) is 0.203. The molecule has 0 atom stereocenters. The van der Waals surface area contributed by atoms with E-state index in [0.717, 1.165) is 60.5 Å². The first-order chi connectivity index (χ1) is 22.7. The van der Waals surface area contributed by atoms with Crippen LogP contribution in [0.2, 0.25) is 0 Å². The zero-order chi connectivity index (χ0) is 30.6. The predicted octanol–water partition coefficient (Wildman–Crippen LogP) is 10.2. The normalized spacial score (nSPS) is 11.5. The van der Waals surface area contributed by atoms with E-state index in [2.05, 4.69) is 30.3 Å². The van der Waals surface area contributed by atoms with E-state index < -0.39 is 0 Å². The van der Waals surface area contributed by atoms with Gasteiger partial charge in [-0.05, 0) is 41.5 Å².